The maximum Gasteiger partial charge on any atom is 0.196 e. The van der Waals surface area contributed by atoms with Crippen molar-refractivity contribution in [3.8, 4) is 22.8 Å². The molecule has 2 aromatic heterocycles. The first-order chi connectivity index (χ1) is 14.3. The molecule has 2 heterocycles. The zero-order valence-electron chi connectivity index (χ0n) is 16.0. The summed E-state index contributed by atoms with van der Waals surface area (Å²) >= 11 is 1.64. The lowest BCUT2D eigenvalue weighted by Crippen LogP contribution is -2.00. The smallest absolute Gasteiger partial charge is 0.196 e. The van der Waals surface area contributed by atoms with Gasteiger partial charge in [0.15, 0.2) is 11.0 Å². The lowest BCUT2D eigenvalue weighted by molar-refractivity contribution is 0.414. The fourth-order valence-electron chi connectivity index (χ4n) is 2.88. The van der Waals surface area contributed by atoms with Crippen molar-refractivity contribution in [3.63, 3.8) is 0 Å². The Morgan fingerprint density at radius 1 is 0.966 bits per heavy atom. The number of methoxy groups -OCH3 is 1. The number of benzene rings is 2. The Bertz CT molecular complexity index is 1080. The third kappa shape index (κ3) is 4.55. The molecule has 4 aromatic rings. The van der Waals surface area contributed by atoms with Gasteiger partial charge in [0.1, 0.15) is 5.75 Å². The molecule has 4 rings (SSSR count). The van der Waals surface area contributed by atoms with Crippen LogP contribution in [0.3, 0.4) is 0 Å². The lowest BCUT2D eigenvalue weighted by Gasteiger charge is -2.10. The van der Waals surface area contributed by atoms with E-state index in [1.165, 1.54) is 5.56 Å². The highest BCUT2D eigenvalue weighted by Gasteiger charge is 2.16. The van der Waals surface area contributed by atoms with Crippen LogP contribution in [0.4, 0.5) is 0 Å². The van der Waals surface area contributed by atoms with Crippen molar-refractivity contribution in [3.05, 3.63) is 90.8 Å². The molecule has 0 saturated carbocycles. The minimum absolute atomic E-state index is 0.762. The topological polar surface area (TPSA) is 52.8 Å². The largest absolute Gasteiger partial charge is 0.497 e. The molecule has 5 nitrogen and oxygen atoms in total. The summed E-state index contributed by atoms with van der Waals surface area (Å²) in [5.41, 5.74) is 3.08. The molecule has 0 spiro atoms. The number of aromatic nitrogens is 4. The van der Waals surface area contributed by atoms with Crippen LogP contribution in [0.25, 0.3) is 23.2 Å². The molecule has 0 unspecified atom stereocenters. The summed E-state index contributed by atoms with van der Waals surface area (Å²) in [6.45, 7) is 0. The average molecular weight is 401 g/mol. The van der Waals surface area contributed by atoms with Crippen LogP contribution in [0, 0.1) is 0 Å². The van der Waals surface area contributed by atoms with E-state index in [1.54, 1.807) is 31.3 Å². The average Bonchev–Trinajstić information content (AvgIpc) is 3.22. The van der Waals surface area contributed by atoms with Gasteiger partial charge >= 0.3 is 0 Å². The Morgan fingerprint density at radius 2 is 1.79 bits per heavy atom. The Morgan fingerprint density at radius 3 is 2.52 bits per heavy atom. The van der Waals surface area contributed by atoms with Crippen LogP contribution in [-0.4, -0.2) is 32.6 Å². The third-order valence-corrected chi connectivity index (χ3v) is 5.18. The van der Waals surface area contributed by atoms with Gasteiger partial charge in [0.05, 0.1) is 7.11 Å². The monoisotopic (exact) mass is 400 g/mol. The number of ether oxygens (including phenoxy) is 1. The summed E-state index contributed by atoms with van der Waals surface area (Å²) in [6, 6.07) is 22.0. The molecule has 0 N–H and O–H groups in total. The number of hydrogen-bond donors (Lipinski definition) is 0. The fourth-order valence-corrected chi connectivity index (χ4v) is 3.64. The van der Waals surface area contributed by atoms with E-state index < -0.39 is 0 Å². The molecule has 0 fully saturated rings. The van der Waals surface area contributed by atoms with E-state index in [1.807, 2.05) is 54.6 Å². The predicted molar refractivity (Wildman–Crippen MR) is 117 cm³/mol. The number of pyridine rings is 1. The number of hydrogen-bond acceptors (Lipinski definition) is 5. The normalized spacial score (nSPS) is 11.1. The molecule has 0 aliphatic heterocycles. The second kappa shape index (κ2) is 9.21. The van der Waals surface area contributed by atoms with Gasteiger partial charge < -0.3 is 4.74 Å². The van der Waals surface area contributed by atoms with Crippen LogP contribution in [0.15, 0.2) is 90.4 Å². The van der Waals surface area contributed by atoms with Crippen LogP contribution >= 0.6 is 11.8 Å². The number of nitrogens with zero attached hydrogens (tertiary/aromatic N) is 4. The molecule has 144 valence electrons. The fraction of sp³-hybridized carbons (Fsp3) is 0.0870. The molecular formula is C23H20N4OS. The number of thioether (sulfide) groups is 1. The molecule has 0 aliphatic rings. The molecule has 0 amide bonds. The third-order valence-electron chi connectivity index (χ3n) is 4.30. The second-order valence-corrected chi connectivity index (χ2v) is 7.19. The summed E-state index contributed by atoms with van der Waals surface area (Å²) < 4.78 is 7.34. The van der Waals surface area contributed by atoms with Crippen molar-refractivity contribution in [1.82, 2.24) is 19.7 Å². The summed E-state index contributed by atoms with van der Waals surface area (Å²) in [5.74, 6) is 2.36. The first-order valence-electron chi connectivity index (χ1n) is 9.20. The van der Waals surface area contributed by atoms with Gasteiger partial charge in [-0.05, 0) is 42.0 Å². The van der Waals surface area contributed by atoms with Gasteiger partial charge in [0.2, 0.25) is 0 Å². The Kier molecular flexibility index (Phi) is 6.02. The summed E-state index contributed by atoms with van der Waals surface area (Å²) in [5, 5.41) is 9.70. The van der Waals surface area contributed by atoms with E-state index in [0.717, 1.165) is 33.7 Å². The maximum absolute atomic E-state index is 5.29. The summed E-state index contributed by atoms with van der Waals surface area (Å²) in [4.78, 5) is 4.22. The molecule has 29 heavy (non-hydrogen) atoms. The van der Waals surface area contributed by atoms with Gasteiger partial charge in [-0.1, -0.05) is 54.2 Å². The molecule has 0 radical (unpaired) electrons. The van der Waals surface area contributed by atoms with Crippen LogP contribution in [0.5, 0.6) is 5.75 Å². The summed E-state index contributed by atoms with van der Waals surface area (Å²) in [7, 11) is 1.66. The van der Waals surface area contributed by atoms with Crippen molar-refractivity contribution in [2.45, 2.75) is 5.16 Å². The van der Waals surface area contributed by atoms with E-state index in [0.29, 0.717) is 0 Å². The van der Waals surface area contributed by atoms with Crippen molar-refractivity contribution in [2.24, 2.45) is 0 Å². The van der Waals surface area contributed by atoms with E-state index >= 15 is 0 Å². The number of rotatable bonds is 7. The molecule has 6 heteroatoms. The Hall–Kier alpha value is -3.38. The molecule has 0 saturated heterocycles. The quantitative estimate of drug-likeness (QED) is 0.402. The molecule has 0 atom stereocenters. The van der Waals surface area contributed by atoms with Gasteiger partial charge in [-0.3, -0.25) is 9.55 Å². The predicted octanol–water partition coefficient (Wildman–Crippen LogP) is 5.14. The zero-order chi connectivity index (χ0) is 19.9. The Labute approximate surface area is 174 Å². The van der Waals surface area contributed by atoms with Crippen LogP contribution in [-0.2, 0) is 0 Å². The lowest BCUT2D eigenvalue weighted by atomic mass is 10.2. The van der Waals surface area contributed by atoms with Gasteiger partial charge in [-0.25, -0.2) is 0 Å². The zero-order valence-corrected chi connectivity index (χ0v) is 16.8. The first-order valence-corrected chi connectivity index (χ1v) is 10.2. The minimum atomic E-state index is 0.762. The van der Waals surface area contributed by atoms with Crippen molar-refractivity contribution in [1.29, 1.82) is 0 Å². The highest BCUT2D eigenvalue weighted by atomic mass is 32.2. The SMILES string of the molecule is COc1ccc(-n2c(SC/C=C/c3ccccc3)nnc2-c2cccnc2)cc1. The van der Waals surface area contributed by atoms with Gasteiger partial charge in [0, 0.05) is 29.4 Å². The van der Waals surface area contributed by atoms with Crippen LogP contribution in [0.2, 0.25) is 0 Å². The van der Waals surface area contributed by atoms with E-state index in [4.69, 9.17) is 4.74 Å². The Balaban J connectivity index is 1.62. The highest BCUT2D eigenvalue weighted by molar-refractivity contribution is 7.99. The van der Waals surface area contributed by atoms with Crippen LogP contribution in [0.1, 0.15) is 5.56 Å². The van der Waals surface area contributed by atoms with Crippen molar-refractivity contribution in [2.75, 3.05) is 12.9 Å². The van der Waals surface area contributed by atoms with E-state index in [-0.39, 0.29) is 0 Å². The molecular weight excluding hydrogens is 380 g/mol. The van der Waals surface area contributed by atoms with Gasteiger partial charge in [-0.2, -0.15) is 0 Å². The molecule has 2 aromatic carbocycles. The van der Waals surface area contributed by atoms with Gasteiger partial charge in [0.25, 0.3) is 0 Å². The maximum atomic E-state index is 5.29. The minimum Gasteiger partial charge on any atom is -0.497 e. The standard InChI is InChI=1S/C23H20N4OS/c1-28-21-13-11-20(12-14-21)27-22(19-10-5-15-24-17-19)25-26-23(27)29-16-6-9-18-7-3-2-4-8-18/h2-15,17H,16H2,1H3/b9-6+. The van der Waals surface area contributed by atoms with Crippen LogP contribution < -0.4 is 4.74 Å². The van der Waals surface area contributed by atoms with E-state index in [2.05, 4.69) is 44.0 Å². The summed E-state index contributed by atoms with van der Waals surface area (Å²) in [6.07, 6.45) is 7.80. The first kappa shape index (κ1) is 19.0. The highest BCUT2D eigenvalue weighted by Crippen LogP contribution is 2.28. The van der Waals surface area contributed by atoms with Gasteiger partial charge in [-0.15, -0.1) is 10.2 Å². The van der Waals surface area contributed by atoms with Crippen molar-refractivity contribution >= 4 is 17.8 Å². The molecule has 0 bridgehead atoms. The molecule has 0 aliphatic carbocycles. The van der Waals surface area contributed by atoms with Crippen molar-refractivity contribution < 1.29 is 4.74 Å². The van der Waals surface area contributed by atoms with E-state index in [9.17, 15) is 0 Å². The second-order valence-electron chi connectivity index (χ2n) is 6.21.